The molecule has 2 aromatic heterocycles. The minimum atomic E-state index is -0.770. The Bertz CT molecular complexity index is 774. The second-order valence-electron chi connectivity index (χ2n) is 7.21. The number of piperazine rings is 1. The molecule has 2 aliphatic heterocycles. The highest BCUT2D eigenvalue weighted by Gasteiger charge is 2.40. The number of ether oxygens (including phenoxy) is 1. The molecule has 4 rings (SSSR count). The van der Waals surface area contributed by atoms with Crippen LogP contribution in [-0.2, 0) is 9.53 Å². The first-order valence-electron chi connectivity index (χ1n) is 9.34. The van der Waals surface area contributed by atoms with Crippen molar-refractivity contribution in [2.75, 3.05) is 39.4 Å². The molecule has 8 nitrogen and oxygen atoms in total. The topological polar surface area (TPSA) is 97.7 Å². The number of nitrogens with two attached hydrogens (primary N) is 1. The zero-order valence-electron chi connectivity index (χ0n) is 16.3. The number of hydrogen-bond donors (Lipinski definition) is 1. The molecule has 0 spiro atoms. The van der Waals surface area contributed by atoms with E-state index in [2.05, 4.69) is 22.0 Å². The van der Waals surface area contributed by atoms with Gasteiger partial charge in [-0.1, -0.05) is 11.2 Å². The van der Waals surface area contributed by atoms with Gasteiger partial charge < -0.3 is 19.9 Å². The Hall–Kier alpha value is -1.23. The Morgan fingerprint density at radius 3 is 2.55 bits per heavy atom. The summed E-state index contributed by atoms with van der Waals surface area (Å²) in [6.07, 6.45) is 1.19. The van der Waals surface area contributed by atoms with E-state index in [9.17, 15) is 4.79 Å². The van der Waals surface area contributed by atoms with E-state index in [0.29, 0.717) is 50.9 Å². The number of carbonyl (C=O) groups is 1. The third-order valence-electron chi connectivity index (χ3n) is 5.50. The van der Waals surface area contributed by atoms with E-state index in [-0.39, 0.29) is 36.8 Å². The summed E-state index contributed by atoms with van der Waals surface area (Å²) in [7, 11) is 0. The molecular formula is C18H27Cl2N5O3S. The van der Waals surface area contributed by atoms with Crippen LogP contribution in [0.25, 0.3) is 10.7 Å². The fourth-order valence-electron chi connectivity index (χ4n) is 3.64. The molecule has 2 aliphatic rings. The number of thiophene rings is 1. The lowest BCUT2D eigenvalue weighted by Crippen LogP contribution is -2.61. The minimum absolute atomic E-state index is 0. The van der Waals surface area contributed by atoms with Crippen molar-refractivity contribution in [3.8, 4) is 10.7 Å². The number of aromatic nitrogens is 2. The van der Waals surface area contributed by atoms with Crippen molar-refractivity contribution < 1.29 is 14.1 Å². The molecule has 2 fully saturated rings. The fraction of sp³-hybridized carbons (Fsp3) is 0.611. The first-order valence-corrected chi connectivity index (χ1v) is 10.2. The summed E-state index contributed by atoms with van der Waals surface area (Å²) in [5, 5.41) is 6.09. The van der Waals surface area contributed by atoms with Gasteiger partial charge in [-0.05, 0) is 31.2 Å². The second-order valence-corrected chi connectivity index (χ2v) is 8.15. The summed E-state index contributed by atoms with van der Waals surface area (Å²) >= 11 is 1.59. The molecule has 1 amide bonds. The molecule has 1 unspecified atom stereocenters. The van der Waals surface area contributed by atoms with Crippen molar-refractivity contribution in [1.82, 2.24) is 19.9 Å². The van der Waals surface area contributed by atoms with Crippen LogP contribution in [0.15, 0.2) is 22.0 Å². The summed E-state index contributed by atoms with van der Waals surface area (Å²) in [5.74, 6) is 1.29. The van der Waals surface area contributed by atoms with E-state index in [4.69, 9.17) is 15.0 Å². The summed E-state index contributed by atoms with van der Waals surface area (Å²) in [6, 6.07) is 3.96. The van der Waals surface area contributed by atoms with E-state index >= 15 is 0 Å². The number of nitrogens with zero attached hydrogens (tertiary/aromatic N) is 4. The van der Waals surface area contributed by atoms with Crippen LogP contribution in [0.2, 0.25) is 0 Å². The van der Waals surface area contributed by atoms with Crippen LogP contribution in [0.5, 0.6) is 0 Å². The van der Waals surface area contributed by atoms with Gasteiger partial charge in [0.2, 0.25) is 17.6 Å². The van der Waals surface area contributed by atoms with Gasteiger partial charge in [-0.3, -0.25) is 9.69 Å². The van der Waals surface area contributed by atoms with E-state index in [1.165, 1.54) is 0 Å². The monoisotopic (exact) mass is 463 g/mol. The van der Waals surface area contributed by atoms with Crippen molar-refractivity contribution >= 4 is 42.1 Å². The number of hydrogen-bond acceptors (Lipinski definition) is 8. The SMILES string of the molecule is CC(c1nc(-c2cccs2)no1)N1CCN(C(=O)C2(N)CCOCC2)CC1.Cl.Cl. The summed E-state index contributed by atoms with van der Waals surface area (Å²) < 4.78 is 10.8. The van der Waals surface area contributed by atoms with Gasteiger partial charge in [0, 0.05) is 39.4 Å². The highest BCUT2D eigenvalue weighted by Crippen LogP contribution is 2.27. The lowest BCUT2D eigenvalue weighted by Gasteiger charge is -2.41. The Morgan fingerprint density at radius 1 is 1.24 bits per heavy atom. The zero-order valence-corrected chi connectivity index (χ0v) is 18.7. The van der Waals surface area contributed by atoms with E-state index in [1.807, 2.05) is 22.4 Å². The molecule has 11 heteroatoms. The maximum absolute atomic E-state index is 12.8. The van der Waals surface area contributed by atoms with Crippen molar-refractivity contribution in [3.63, 3.8) is 0 Å². The highest BCUT2D eigenvalue weighted by molar-refractivity contribution is 7.13. The second kappa shape index (κ2) is 10.2. The third kappa shape index (κ3) is 5.10. The molecule has 4 heterocycles. The molecule has 162 valence electrons. The largest absolute Gasteiger partial charge is 0.381 e. The van der Waals surface area contributed by atoms with Crippen molar-refractivity contribution in [2.45, 2.75) is 31.3 Å². The molecule has 0 radical (unpaired) electrons. The van der Waals surface area contributed by atoms with Gasteiger partial charge in [0.05, 0.1) is 16.5 Å². The Labute approximate surface area is 186 Å². The molecule has 2 saturated heterocycles. The predicted molar refractivity (Wildman–Crippen MR) is 116 cm³/mol. The number of rotatable bonds is 4. The first-order chi connectivity index (χ1) is 13.1. The van der Waals surface area contributed by atoms with Crippen molar-refractivity contribution in [3.05, 3.63) is 23.4 Å². The molecule has 2 N–H and O–H groups in total. The molecular weight excluding hydrogens is 437 g/mol. The lowest BCUT2D eigenvalue weighted by molar-refractivity contribution is -0.142. The third-order valence-corrected chi connectivity index (χ3v) is 6.37. The molecule has 0 aliphatic carbocycles. The van der Waals surface area contributed by atoms with E-state index in [1.54, 1.807) is 11.3 Å². The van der Waals surface area contributed by atoms with Crippen molar-refractivity contribution in [1.29, 1.82) is 0 Å². The average Bonchev–Trinajstić information content (AvgIpc) is 3.39. The zero-order chi connectivity index (χ0) is 18.9. The Morgan fingerprint density at radius 2 is 1.93 bits per heavy atom. The van der Waals surface area contributed by atoms with Crippen LogP contribution in [0.4, 0.5) is 0 Å². The normalized spacial score (nSPS) is 20.4. The fourth-order valence-corrected chi connectivity index (χ4v) is 4.29. The molecule has 0 saturated carbocycles. The first kappa shape index (κ1) is 24.0. The van der Waals surface area contributed by atoms with Gasteiger partial charge in [0.1, 0.15) is 0 Å². The quantitative estimate of drug-likeness (QED) is 0.742. The smallest absolute Gasteiger partial charge is 0.244 e. The Kier molecular flexibility index (Phi) is 8.45. The minimum Gasteiger partial charge on any atom is -0.381 e. The summed E-state index contributed by atoms with van der Waals surface area (Å²) in [4.78, 5) is 22.5. The number of carbonyl (C=O) groups excluding carboxylic acids is 1. The van der Waals surface area contributed by atoms with E-state index < -0.39 is 5.54 Å². The maximum Gasteiger partial charge on any atom is 0.244 e. The highest BCUT2D eigenvalue weighted by atomic mass is 35.5. The molecule has 2 aromatic rings. The van der Waals surface area contributed by atoms with Crippen LogP contribution in [0.3, 0.4) is 0 Å². The standard InChI is InChI=1S/C18H25N5O3S.2ClH/c1-13(16-20-15(21-26-16)14-3-2-12-27-14)22-6-8-23(9-7-22)17(24)18(19)4-10-25-11-5-18;;/h2-3,12-13H,4-11,19H2,1H3;2*1H. The number of amides is 1. The van der Waals surface area contributed by atoms with Crippen LogP contribution < -0.4 is 5.73 Å². The summed E-state index contributed by atoms with van der Waals surface area (Å²) in [6.45, 7) is 6.02. The molecule has 0 bridgehead atoms. The Balaban J connectivity index is 0.00000150. The van der Waals surface area contributed by atoms with Crippen molar-refractivity contribution in [2.24, 2.45) is 5.73 Å². The lowest BCUT2D eigenvalue weighted by atomic mass is 9.89. The van der Waals surface area contributed by atoms with Gasteiger partial charge in [-0.2, -0.15) is 4.98 Å². The van der Waals surface area contributed by atoms with Gasteiger partial charge in [-0.25, -0.2) is 0 Å². The van der Waals surface area contributed by atoms with Crippen LogP contribution in [0.1, 0.15) is 31.7 Å². The summed E-state index contributed by atoms with van der Waals surface area (Å²) in [5.41, 5.74) is 5.58. The molecule has 29 heavy (non-hydrogen) atoms. The van der Waals surface area contributed by atoms with E-state index in [0.717, 1.165) is 18.0 Å². The van der Waals surface area contributed by atoms with Gasteiger partial charge in [0.25, 0.3) is 0 Å². The van der Waals surface area contributed by atoms with Gasteiger partial charge in [-0.15, -0.1) is 36.2 Å². The van der Waals surface area contributed by atoms with Crippen LogP contribution >= 0.6 is 36.2 Å². The van der Waals surface area contributed by atoms with Gasteiger partial charge >= 0.3 is 0 Å². The maximum atomic E-state index is 12.8. The van der Waals surface area contributed by atoms with Crippen LogP contribution in [0, 0.1) is 0 Å². The molecule has 0 aromatic carbocycles. The van der Waals surface area contributed by atoms with Crippen LogP contribution in [-0.4, -0.2) is 70.8 Å². The average molecular weight is 464 g/mol. The van der Waals surface area contributed by atoms with Gasteiger partial charge in [0.15, 0.2) is 0 Å². The predicted octanol–water partition coefficient (Wildman–Crippen LogP) is 2.35. The molecule has 1 atom stereocenters. The number of halogens is 2.